The summed E-state index contributed by atoms with van der Waals surface area (Å²) in [6.07, 6.45) is 4.62. The first kappa shape index (κ1) is 14.0. The Kier molecular flexibility index (Phi) is 5.97. The van der Waals surface area contributed by atoms with E-state index in [4.69, 9.17) is 5.73 Å². The van der Waals surface area contributed by atoms with Crippen LogP contribution in [0.5, 0.6) is 0 Å². The van der Waals surface area contributed by atoms with Gasteiger partial charge in [0.2, 0.25) is 11.8 Å². The maximum atomic E-state index is 11.8. The van der Waals surface area contributed by atoms with Gasteiger partial charge >= 0.3 is 0 Å². The van der Waals surface area contributed by atoms with E-state index in [0.29, 0.717) is 19.5 Å². The van der Waals surface area contributed by atoms with Crippen molar-refractivity contribution < 1.29 is 9.59 Å². The molecular formula is C12H23N3O2. The van der Waals surface area contributed by atoms with Gasteiger partial charge in [-0.1, -0.05) is 12.8 Å². The molecular weight excluding hydrogens is 218 g/mol. The van der Waals surface area contributed by atoms with Crippen LogP contribution in [0.3, 0.4) is 0 Å². The summed E-state index contributed by atoms with van der Waals surface area (Å²) in [6, 6.07) is 0. The number of hydrogen-bond donors (Lipinski definition) is 1. The van der Waals surface area contributed by atoms with Gasteiger partial charge in [-0.05, 0) is 19.4 Å². The molecule has 1 aliphatic rings. The molecule has 1 aliphatic heterocycles. The molecule has 0 atom stereocenters. The van der Waals surface area contributed by atoms with Gasteiger partial charge in [0.15, 0.2) is 0 Å². The van der Waals surface area contributed by atoms with Crippen LogP contribution in [0.2, 0.25) is 0 Å². The standard InChI is InChI=1S/C12H23N3O2/c1-14-8-9-15(10-12(14)17)11(16)6-4-2-3-5-7-13/h2-10,13H2,1H3. The fourth-order valence-corrected chi connectivity index (χ4v) is 1.90. The van der Waals surface area contributed by atoms with Crippen LogP contribution in [0.15, 0.2) is 0 Å². The smallest absolute Gasteiger partial charge is 0.241 e. The van der Waals surface area contributed by atoms with Crippen LogP contribution in [0.4, 0.5) is 0 Å². The molecule has 2 amide bonds. The number of carbonyl (C=O) groups is 2. The van der Waals surface area contributed by atoms with Crippen molar-refractivity contribution in [3.8, 4) is 0 Å². The molecule has 0 aromatic heterocycles. The topological polar surface area (TPSA) is 66.6 Å². The molecule has 0 unspecified atom stereocenters. The molecule has 0 spiro atoms. The van der Waals surface area contributed by atoms with Gasteiger partial charge in [-0.2, -0.15) is 0 Å². The highest BCUT2D eigenvalue weighted by Gasteiger charge is 2.23. The molecule has 1 heterocycles. The lowest BCUT2D eigenvalue weighted by atomic mass is 10.1. The van der Waals surface area contributed by atoms with Crippen molar-refractivity contribution in [3.63, 3.8) is 0 Å². The molecule has 0 radical (unpaired) electrons. The van der Waals surface area contributed by atoms with Crippen molar-refractivity contribution >= 4 is 11.8 Å². The number of carbonyl (C=O) groups excluding carboxylic acids is 2. The fraction of sp³-hybridized carbons (Fsp3) is 0.833. The number of amides is 2. The Balaban J connectivity index is 2.17. The van der Waals surface area contributed by atoms with E-state index in [-0.39, 0.29) is 18.4 Å². The van der Waals surface area contributed by atoms with Crippen LogP contribution in [-0.2, 0) is 9.59 Å². The zero-order chi connectivity index (χ0) is 12.7. The molecule has 0 aromatic rings. The van der Waals surface area contributed by atoms with Crippen LogP contribution in [0, 0.1) is 0 Å². The monoisotopic (exact) mass is 241 g/mol. The molecule has 1 fully saturated rings. The van der Waals surface area contributed by atoms with Crippen molar-refractivity contribution in [3.05, 3.63) is 0 Å². The maximum Gasteiger partial charge on any atom is 0.241 e. The van der Waals surface area contributed by atoms with Gasteiger partial charge in [-0.15, -0.1) is 0 Å². The van der Waals surface area contributed by atoms with Crippen molar-refractivity contribution in [2.45, 2.75) is 32.1 Å². The molecule has 2 N–H and O–H groups in total. The molecule has 0 bridgehead atoms. The fourth-order valence-electron chi connectivity index (χ4n) is 1.90. The SMILES string of the molecule is CN1CCN(C(=O)CCCCCCN)CC1=O. The van der Waals surface area contributed by atoms with E-state index in [0.717, 1.165) is 32.2 Å². The largest absolute Gasteiger partial charge is 0.342 e. The zero-order valence-corrected chi connectivity index (χ0v) is 10.7. The van der Waals surface area contributed by atoms with Crippen molar-refractivity contribution in [2.75, 3.05) is 33.2 Å². The number of likely N-dealkylation sites (N-methyl/N-ethyl adjacent to an activating group) is 1. The van der Waals surface area contributed by atoms with E-state index in [2.05, 4.69) is 0 Å². The first-order valence-electron chi connectivity index (χ1n) is 6.37. The van der Waals surface area contributed by atoms with Crippen LogP contribution in [-0.4, -0.2) is 54.8 Å². The third kappa shape index (κ3) is 4.73. The molecule has 5 heteroatoms. The minimum atomic E-state index is 0.0349. The Morgan fingerprint density at radius 1 is 1.24 bits per heavy atom. The van der Waals surface area contributed by atoms with Crippen molar-refractivity contribution in [1.82, 2.24) is 9.80 Å². The summed E-state index contributed by atoms with van der Waals surface area (Å²) >= 11 is 0. The van der Waals surface area contributed by atoms with Crippen molar-refractivity contribution in [1.29, 1.82) is 0 Å². The number of nitrogens with two attached hydrogens (primary N) is 1. The first-order chi connectivity index (χ1) is 8.15. The number of hydrogen-bond acceptors (Lipinski definition) is 3. The number of rotatable bonds is 6. The second-order valence-electron chi connectivity index (χ2n) is 4.58. The highest BCUT2D eigenvalue weighted by atomic mass is 16.2. The van der Waals surface area contributed by atoms with Gasteiger partial charge in [0.05, 0.1) is 6.54 Å². The number of nitrogens with zero attached hydrogens (tertiary/aromatic N) is 2. The summed E-state index contributed by atoms with van der Waals surface area (Å²) in [5.74, 6) is 0.145. The van der Waals surface area contributed by atoms with E-state index in [1.165, 1.54) is 0 Å². The average molecular weight is 241 g/mol. The molecule has 5 nitrogen and oxygen atoms in total. The van der Waals surface area contributed by atoms with Gasteiger partial charge in [-0.3, -0.25) is 9.59 Å². The quantitative estimate of drug-likeness (QED) is 0.675. The molecule has 17 heavy (non-hydrogen) atoms. The summed E-state index contributed by atoms with van der Waals surface area (Å²) in [6.45, 7) is 2.29. The Morgan fingerprint density at radius 2 is 1.94 bits per heavy atom. The van der Waals surface area contributed by atoms with E-state index < -0.39 is 0 Å². The molecule has 0 saturated carbocycles. The predicted molar refractivity (Wildman–Crippen MR) is 66.4 cm³/mol. The van der Waals surface area contributed by atoms with Crippen LogP contribution >= 0.6 is 0 Å². The molecule has 0 aliphatic carbocycles. The van der Waals surface area contributed by atoms with E-state index in [9.17, 15) is 9.59 Å². The van der Waals surface area contributed by atoms with E-state index >= 15 is 0 Å². The molecule has 1 rings (SSSR count). The van der Waals surface area contributed by atoms with Gasteiger partial charge in [-0.25, -0.2) is 0 Å². The third-order valence-corrected chi connectivity index (χ3v) is 3.15. The first-order valence-corrected chi connectivity index (χ1v) is 6.37. The predicted octanol–water partition coefficient (Wildman–Crippen LogP) is 0.196. The van der Waals surface area contributed by atoms with E-state index in [1.54, 1.807) is 16.8 Å². The summed E-state index contributed by atoms with van der Waals surface area (Å²) in [4.78, 5) is 26.6. The van der Waals surface area contributed by atoms with Crippen LogP contribution in [0.1, 0.15) is 32.1 Å². The lowest BCUT2D eigenvalue weighted by molar-refractivity contribution is -0.144. The highest BCUT2D eigenvalue weighted by Crippen LogP contribution is 2.08. The normalized spacial score (nSPS) is 16.5. The number of piperazine rings is 1. The van der Waals surface area contributed by atoms with Crippen LogP contribution in [0.25, 0.3) is 0 Å². The lowest BCUT2D eigenvalue weighted by Crippen LogP contribution is -2.50. The van der Waals surface area contributed by atoms with E-state index in [1.807, 2.05) is 0 Å². The summed E-state index contributed by atoms with van der Waals surface area (Å²) in [5.41, 5.74) is 5.40. The minimum Gasteiger partial charge on any atom is -0.342 e. The third-order valence-electron chi connectivity index (χ3n) is 3.15. The highest BCUT2D eigenvalue weighted by molar-refractivity contribution is 5.85. The van der Waals surface area contributed by atoms with Gasteiger partial charge in [0.25, 0.3) is 0 Å². The second-order valence-corrected chi connectivity index (χ2v) is 4.58. The lowest BCUT2D eigenvalue weighted by Gasteiger charge is -2.32. The molecule has 1 saturated heterocycles. The summed E-state index contributed by atoms with van der Waals surface area (Å²) in [7, 11) is 1.77. The second kappa shape index (κ2) is 7.27. The zero-order valence-electron chi connectivity index (χ0n) is 10.7. The average Bonchev–Trinajstić information content (AvgIpc) is 2.32. The summed E-state index contributed by atoms with van der Waals surface area (Å²) < 4.78 is 0. The van der Waals surface area contributed by atoms with Crippen LogP contribution < -0.4 is 5.73 Å². The Morgan fingerprint density at radius 3 is 2.59 bits per heavy atom. The maximum absolute atomic E-state index is 11.8. The molecule has 0 aromatic carbocycles. The van der Waals surface area contributed by atoms with Gasteiger partial charge in [0.1, 0.15) is 0 Å². The van der Waals surface area contributed by atoms with Crippen molar-refractivity contribution in [2.24, 2.45) is 5.73 Å². The van der Waals surface area contributed by atoms with Gasteiger partial charge < -0.3 is 15.5 Å². The number of unbranched alkanes of at least 4 members (excludes halogenated alkanes) is 3. The minimum absolute atomic E-state index is 0.0349. The Labute approximate surface area is 103 Å². The molecule has 98 valence electrons. The Bertz CT molecular complexity index is 268. The Hall–Kier alpha value is -1.10. The summed E-state index contributed by atoms with van der Waals surface area (Å²) in [5, 5.41) is 0. The van der Waals surface area contributed by atoms with Gasteiger partial charge in [0, 0.05) is 26.6 Å².